The Labute approximate surface area is 52.8 Å². The van der Waals surface area contributed by atoms with E-state index >= 15 is 0 Å². The van der Waals surface area contributed by atoms with Crippen LogP contribution in [0, 0.1) is 0 Å². The zero-order chi connectivity index (χ0) is 7.49. The Morgan fingerprint density at radius 2 is 2.11 bits per heavy atom. The molecule has 0 aliphatic heterocycles. The van der Waals surface area contributed by atoms with Crippen LogP contribution in [0.2, 0.25) is 0 Å². The molecule has 0 aliphatic carbocycles. The van der Waals surface area contributed by atoms with Crippen LogP contribution in [0.25, 0.3) is 0 Å². The molecular formula is CH4NO5PS. The van der Waals surface area contributed by atoms with Crippen molar-refractivity contribution in [2.75, 3.05) is 7.11 Å². The normalized spacial score (nSPS) is 16.2. The third kappa shape index (κ3) is 4.28. The molecule has 8 heteroatoms. The van der Waals surface area contributed by atoms with Crippen LogP contribution >= 0.6 is 7.75 Å². The fourth-order valence-electron chi connectivity index (χ4n) is 0.118. The molecule has 0 aliphatic rings. The van der Waals surface area contributed by atoms with Crippen molar-refractivity contribution >= 4 is 18.2 Å². The molecule has 9 heavy (non-hydrogen) atoms. The fourth-order valence-corrected chi connectivity index (χ4v) is 1.06. The highest BCUT2D eigenvalue weighted by molar-refractivity contribution is 7.69. The van der Waals surface area contributed by atoms with Gasteiger partial charge in [0.1, 0.15) is 0 Å². The van der Waals surface area contributed by atoms with Crippen LogP contribution in [0.4, 0.5) is 0 Å². The monoisotopic (exact) mass is 173 g/mol. The van der Waals surface area contributed by atoms with Gasteiger partial charge in [-0.2, -0.15) is 8.42 Å². The molecule has 54 valence electrons. The minimum Gasteiger partial charge on any atom is -0.306 e. The number of hydrogen-bond donors (Lipinski definition) is 1. The summed E-state index contributed by atoms with van der Waals surface area (Å²) in [7, 11) is -6.23. The standard InChI is InChI=1S/CH4NO5PS/c1-7-8(3,4)2-9(5)6/h1H3,(H,3,4). The molecule has 0 amide bonds. The van der Waals surface area contributed by atoms with Gasteiger partial charge < -0.3 is 4.89 Å². The molecule has 0 aromatic carbocycles. The van der Waals surface area contributed by atoms with Crippen molar-refractivity contribution in [2.24, 2.45) is 4.13 Å². The first kappa shape index (κ1) is 8.77. The SMILES string of the molecule is COP(=O)(O)N=S(=O)=O. The Morgan fingerprint density at radius 1 is 1.67 bits per heavy atom. The summed E-state index contributed by atoms with van der Waals surface area (Å²) in [5.74, 6) is 0. The Hall–Kier alpha value is -0.230. The lowest BCUT2D eigenvalue weighted by molar-refractivity contribution is 0.318. The van der Waals surface area contributed by atoms with E-state index in [1.54, 1.807) is 0 Å². The fraction of sp³-hybridized carbons (Fsp3) is 1.00. The second-order valence-corrected chi connectivity index (χ2v) is 3.41. The quantitative estimate of drug-likeness (QED) is 0.583. The summed E-state index contributed by atoms with van der Waals surface area (Å²) in [5.41, 5.74) is 0. The van der Waals surface area contributed by atoms with Gasteiger partial charge in [0.05, 0.1) is 0 Å². The van der Waals surface area contributed by atoms with Crippen LogP contribution in [0.1, 0.15) is 0 Å². The summed E-state index contributed by atoms with van der Waals surface area (Å²) in [4.78, 5) is 8.27. The van der Waals surface area contributed by atoms with Crippen LogP contribution < -0.4 is 0 Å². The van der Waals surface area contributed by atoms with E-state index in [2.05, 4.69) is 8.66 Å². The largest absolute Gasteiger partial charge is 0.465 e. The molecule has 0 fully saturated rings. The first-order valence-corrected chi connectivity index (χ1v) is 4.25. The van der Waals surface area contributed by atoms with Crippen molar-refractivity contribution in [3.8, 4) is 0 Å². The first-order chi connectivity index (χ1) is 3.98. The predicted octanol–water partition coefficient (Wildman–Crippen LogP) is -0.204. The second kappa shape index (κ2) is 3.07. The molecule has 0 spiro atoms. The summed E-state index contributed by atoms with van der Waals surface area (Å²) in [6.07, 6.45) is 0. The van der Waals surface area contributed by atoms with Crippen LogP contribution in [-0.2, 0) is 19.6 Å². The molecule has 1 unspecified atom stereocenters. The topological polar surface area (TPSA) is 93.0 Å². The average molecular weight is 173 g/mol. The van der Waals surface area contributed by atoms with Gasteiger partial charge in [0.2, 0.25) is 0 Å². The molecule has 0 saturated carbocycles. The maximum atomic E-state index is 10.2. The zero-order valence-electron chi connectivity index (χ0n) is 4.38. The number of rotatable bonds is 2. The van der Waals surface area contributed by atoms with Crippen LogP contribution in [-0.4, -0.2) is 20.4 Å². The maximum Gasteiger partial charge on any atom is 0.465 e. The summed E-state index contributed by atoms with van der Waals surface area (Å²) in [6.45, 7) is 0. The van der Waals surface area contributed by atoms with Crippen LogP contribution in [0.5, 0.6) is 0 Å². The lowest BCUT2D eigenvalue weighted by atomic mass is 11.8. The highest BCUT2D eigenvalue weighted by Gasteiger charge is 2.14. The highest BCUT2D eigenvalue weighted by Crippen LogP contribution is 2.41. The van der Waals surface area contributed by atoms with Gasteiger partial charge in [0.25, 0.3) is 0 Å². The van der Waals surface area contributed by atoms with Gasteiger partial charge in [-0.05, 0) is 0 Å². The molecule has 1 atom stereocenters. The van der Waals surface area contributed by atoms with Gasteiger partial charge in [0, 0.05) is 7.11 Å². The molecule has 0 saturated heterocycles. The van der Waals surface area contributed by atoms with E-state index in [9.17, 15) is 13.0 Å². The predicted molar refractivity (Wildman–Crippen MR) is 28.2 cm³/mol. The van der Waals surface area contributed by atoms with Gasteiger partial charge in [-0.1, -0.05) is 4.13 Å². The van der Waals surface area contributed by atoms with Gasteiger partial charge in [-0.3, -0.25) is 4.52 Å². The van der Waals surface area contributed by atoms with E-state index in [0.717, 1.165) is 7.11 Å². The molecule has 0 heterocycles. The zero-order valence-corrected chi connectivity index (χ0v) is 6.09. The van der Waals surface area contributed by atoms with Crippen LogP contribution in [0.15, 0.2) is 4.13 Å². The first-order valence-electron chi connectivity index (χ1n) is 1.69. The Bertz CT molecular complexity index is 244. The van der Waals surface area contributed by atoms with Crippen molar-refractivity contribution in [3.63, 3.8) is 0 Å². The minimum absolute atomic E-state index is 0.886. The van der Waals surface area contributed by atoms with Crippen molar-refractivity contribution < 1.29 is 22.4 Å². The Balaban J connectivity index is 4.60. The van der Waals surface area contributed by atoms with E-state index in [-0.39, 0.29) is 0 Å². The number of hydrogen-bond acceptors (Lipinski definition) is 4. The third-order valence-electron chi connectivity index (χ3n) is 0.408. The van der Waals surface area contributed by atoms with Gasteiger partial charge in [-0.15, -0.1) is 0 Å². The minimum atomic E-state index is -4.22. The summed E-state index contributed by atoms with van der Waals surface area (Å²) >= 11 is 0. The summed E-state index contributed by atoms with van der Waals surface area (Å²) < 4.78 is 35.5. The van der Waals surface area contributed by atoms with Gasteiger partial charge in [-0.25, -0.2) is 4.57 Å². The van der Waals surface area contributed by atoms with Crippen molar-refractivity contribution in [1.29, 1.82) is 0 Å². The molecule has 0 aromatic rings. The van der Waals surface area contributed by atoms with Crippen molar-refractivity contribution in [2.45, 2.75) is 0 Å². The van der Waals surface area contributed by atoms with Gasteiger partial charge >= 0.3 is 18.2 Å². The van der Waals surface area contributed by atoms with E-state index in [0.29, 0.717) is 0 Å². The summed E-state index contributed by atoms with van der Waals surface area (Å²) in [6, 6.07) is 0. The second-order valence-electron chi connectivity index (χ2n) is 0.972. The van der Waals surface area contributed by atoms with E-state index < -0.39 is 18.2 Å². The smallest absolute Gasteiger partial charge is 0.306 e. The Morgan fingerprint density at radius 3 is 2.22 bits per heavy atom. The molecule has 0 radical (unpaired) electrons. The third-order valence-corrected chi connectivity index (χ3v) is 2.24. The van der Waals surface area contributed by atoms with Crippen molar-refractivity contribution in [3.05, 3.63) is 0 Å². The molecule has 6 nitrogen and oxygen atoms in total. The van der Waals surface area contributed by atoms with E-state index in [1.807, 2.05) is 0 Å². The Kier molecular flexibility index (Phi) is 2.99. The molecule has 1 N–H and O–H groups in total. The van der Waals surface area contributed by atoms with Crippen LogP contribution in [0.3, 0.4) is 0 Å². The van der Waals surface area contributed by atoms with Crippen molar-refractivity contribution in [1.82, 2.24) is 0 Å². The van der Waals surface area contributed by atoms with Gasteiger partial charge in [0.15, 0.2) is 0 Å². The maximum absolute atomic E-state index is 10.2. The lowest BCUT2D eigenvalue weighted by Gasteiger charge is -1.94. The lowest BCUT2D eigenvalue weighted by Crippen LogP contribution is -1.76. The summed E-state index contributed by atoms with van der Waals surface area (Å²) in [5, 5.41) is 0. The molecule has 0 aromatic heterocycles. The average Bonchev–Trinajstić information content (AvgIpc) is 1.63. The molecule has 0 rings (SSSR count). The molecular weight excluding hydrogens is 169 g/mol. The van der Waals surface area contributed by atoms with E-state index in [1.165, 1.54) is 0 Å². The highest BCUT2D eigenvalue weighted by atomic mass is 32.2. The number of nitrogens with zero attached hydrogens (tertiary/aromatic N) is 1. The van der Waals surface area contributed by atoms with E-state index in [4.69, 9.17) is 4.89 Å². The molecule has 0 bridgehead atoms.